The van der Waals surface area contributed by atoms with Crippen LogP contribution in [-0.2, 0) is 12.4 Å². The van der Waals surface area contributed by atoms with Crippen molar-refractivity contribution in [3.63, 3.8) is 0 Å². The number of halogens is 1. The number of methoxy groups -OCH3 is 1. The number of pyridine rings is 1. The minimum Gasteiger partial charge on any atom is -0.497 e. The van der Waals surface area contributed by atoms with Gasteiger partial charge in [-0.25, -0.2) is 9.97 Å². The summed E-state index contributed by atoms with van der Waals surface area (Å²) in [7, 11) is 1.67. The van der Waals surface area contributed by atoms with E-state index in [1.807, 2.05) is 48.1 Å². The van der Waals surface area contributed by atoms with Gasteiger partial charge in [-0.3, -0.25) is 0 Å². The van der Waals surface area contributed by atoms with E-state index < -0.39 is 0 Å². The highest BCUT2D eigenvalue weighted by Crippen LogP contribution is 2.20. The molecular weight excluding hydrogens is 286 g/mol. The summed E-state index contributed by atoms with van der Waals surface area (Å²) in [5.74, 6) is 1.30. The predicted octanol–water partition coefficient (Wildman–Crippen LogP) is 3.54. The minimum absolute atomic E-state index is 0.444. The summed E-state index contributed by atoms with van der Waals surface area (Å²) in [5, 5.41) is 0. The van der Waals surface area contributed by atoms with Gasteiger partial charge in [-0.2, -0.15) is 0 Å². The van der Waals surface area contributed by atoms with Crippen LogP contribution in [0.5, 0.6) is 5.75 Å². The predicted molar refractivity (Wildman–Crippen MR) is 83.9 cm³/mol. The Morgan fingerprint density at radius 2 is 2.00 bits per heavy atom. The molecule has 0 amide bonds. The fraction of sp³-hybridized carbons (Fsp3) is 0.250. The summed E-state index contributed by atoms with van der Waals surface area (Å²) in [6, 6.07) is 9.99. The molecule has 0 aliphatic heterocycles. The van der Waals surface area contributed by atoms with E-state index in [1.165, 1.54) is 5.56 Å². The first kappa shape index (κ1) is 13.9. The molecule has 21 heavy (non-hydrogen) atoms. The summed E-state index contributed by atoms with van der Waals surface area (Å²) in [4.78, 5) is 9.04. The molecule has 108 valence electrons. The number of aryl methyl sites for hydroxylation is 1. The highest BCUT2D eigenvalue weighted by atomic mass is 35.5. The van der Waals surface area contributed by atoms with E-state index in [0.717, 1.165) is 34.7 Å². The van der Waals surface area contributed by atoms with E-state index in [0.29, 0.717) is 5.88 Å². The van der Waals surface area contributed by atoms with Gasteiger partial charge in [-0.15, -0.1) is 11.6 Å². The zero-order chi connectivity index (χ0) is 14.8. The van der Waals surface area contributed by atoms with Crippen molar-refractivity contribution < 1.29 is 4.74 Å². The number of imidazole rings is 1. The van der Waals surface area contributed by atoms with Gasteiger partial charge in [0.1, 0.15) is 11.3 Å². The monoisotopic (exact) mass is 301 g/mol. The Labute approximate surface area is 128 Å². The van der Waals surface area contributed by atoms with Gasteiger partial charge in [0.15, 0.2) is 5.65 Å². The molecular formula is C16H16ClN3O. The second-order valence-electron chi connectivity index (χ2n) is 4.95. The largest absolute Gasteiger partial charge is 0.497 e. The zero-order valence-corrected chi connectivity index (χ0v) is 12.8. The number of benzene rings is 1. The van der Waals surface area contributed by atoms with Crippen LogP contribution in [-0.4, -0.2) is 21.6 Å². The fourth-order valence-corrected chi connectivity index (χ4v) is 2.59. The SMILES string of the molecule is COc1ccc(Cn2cnc3c(CCl)cc(C)nc32)cc1. The molecule has 0 saturated heterocycles. The van der Waals surface area contributed by atoms with Gasteiger partial charge in [0, 0.05) is 11.6 Å². The van der Waals surface area contributed by atoms with Gasteiger partial charge >= 0.3 is 0 Å². The number of alkyl halides is 1. The van der Waals surface area contributed by atoms with E-state index >= 15 is 0 Å². The topological polar surface area (TPSA) is 39.9 Å². The zero-order valence-electron chi connectivity index (χ0n) is 12.0. The van der Waals surface area contributed by atoms with Gasteiger partial charge in [0.05, 0.1) is 20.0 Å². The number of ether oxygens (including phenoxy) is 1. The van der Waals surface area contributed by atoms with Crippen molar-refractivity contribution >= 4 is 22.8 Å². The van der Waals surface area contributed by atoms with Crippen LogP contribution in [0.25, 0.3) is 11.2 Å². The molecule has 4 nitrogen and oxygen atoms in total. The van der Waals surface area contributed by atoms with Crippen molar-refractivity contribution in [1.82, 2.24) is 14.5 Å². The molecule has 0 spiro atoms. The van der Waals surface area contributed by atoms with Crippen LogP contribution in [0.2, 0.25) is 0 Å². The number of fused-ring (bicyclic) bond motifs is 1. The Bertz CT molecular complexity index is 765. The summed E-state index contributed by atoms with van der Waals surface area (Å²) < 4.78 is 7.22. The maximum atomic E-state index is 5.99. The van der Waals surface area contributed by atoms with E-state index in [2.05, 4.69) is 9.97 Å². The van der Waals surface area contributed by atoms with Gasteiger partial charge in [-0.1, -0.05) is 12.1 Å². The number of nitrogens with zero attached hydrogens (tertiary/aromatic N) is 3. The number of hydrogen-bond acceptors (Lipinski definition) is 3. The highest BCUT2D eigenvalue weighted by Gasteiger charge is 2.10. The van der Waals surface area contributed by atoms with Crippen LogP contribution in [0.4, 0.5) is 0 Å². The molecule has 0 aliphatic carbocycles. The number of rotatable bonds is 4. The van der Waals surface area contributed by atoms with Crippen LogP contribution >= 0.6 is 11.6 Å². The van der Waals surface area contributed by atoms with Crippen LogP contribution in [0.15, 0.2) is 36.7 Å². The Hall–Kier alpha value is -2.07. The molecule has 0 fully saturated rings. The first-order valence-corrected chi connectivity index (χ1v) is 7.25. The third-order valence-corrected chi connectivity index (χ3v) is 3.72. The lowest BCUT2D eigenvalue weighted by Crippen LogP contribution is -2.00. The molecule has 0 bridgehead atoms. The van der Waals surface area contributed by atoms with E-state index in [9.17, 15) is 0 Å². The van der Waals surface area contributed by atoms with E-state index in [-0.39, 0.29) is 0 Å². The maximum Gasteiger partial charge on any atom is 0.160 e. The molecule has 5 heteroatoms. The molecule has 2 heterocycles. The smallest absolute Gasteiger partial charge is 0.160 e. The molecule has 0 aliphatic rings. The molecule has 0 unspecified atom stereocenters. The second kappa shape index (κ2) is 5.74. The van der Waals surface area contributed by atoms with Crippen molar-refractivity contribution in [2.24, 2.45) is 0 Å². The lowest BCUT2D eigenvalue weighted by Gasteiger charge is -2.06. The maximum absolute atomic E-state index is 5.99. The third-order valence-electron chi connectivity index (χ3n) is 3.44. The average molecular weight is 302 g/mol. The summed E-state index contributed by atoms with van der Waals surface area (Å²) in [5.41, 5.74) is 4.90. The van der Waals surface area contributed by atoms with Crippen LogP contribution in [0, 0.1) is 6.92 Å². The van der Waals surface area contributed by atoms with Crippen LogP contribution < -0.4 is 4.74 Å². The van der Waals surface area contributed by atoms with Gasteiger partial charge < -0.3 is 9.30 Å². The summed E-state index contributed by atoms with van der Waals surface area (Å²) in [6.45, 7) is 2.69. The molecule has 0 atom stereocenters. The highest BCUT2D eigenvalue weighted by molar-refractivity contribution is 6.17. The lowest BCUT2D eigenvalue weighted by atomic mass is 10.2. The van der Waals surface area contributed by atoms with Crippen LogP contribution in [0.3, 0.4) is 0 Å². The molecule has 0 N–H and O–H groups in total. The number of hydrogen-bond donors (Lipinski definition) is 0. The molecule has 0 saturated carbocycles. The first-order chi connectivity index (χ1) is 10.2. The van der Waals surface area contributed by atoms with Gasteiger partial charge in [0.25, 0.3) is 0 Å². The average Bonchev–Trinajstić information content (AvgIpc) is 2.90. The summed E-state index contributed by atoms with van der Waals surface area (Å²) >= 11 is 5.99. The van der Waals surface area contributed by atoms with Gasteiger partial charge in [0.2, 0.25) is 0 Å². The Kier molecular flexibility index (Phi) is 3.80. The Morgan fingerprint density at radius 3 is 2.67 bits per heavy atom. The Morgan fingerprint density at radius 1 is 1.24 bits per heavy atom. The van der Waals surface area contributed by atoms with Crippen molar-refractivity contribution in [2.75, 3.05) is 7.11 Å². The van der Waals surface area contributed by atoms with E-state index in [1.54, 1.807) is 7.11 Å². The Balaban J connectivity index is 1.98. The van der Waals surface area contributed by atoms with Crippen molar-refractivity contribution in [3.8, 4) is 5.75 Å². The third kappa shape index (κ3) is 2.72. The first-order valence-electron chi connectivity index (χ1n) is 6.71. The molecule has 0 radical (unpaired) electrons. The lowest BCUT2D eigenvalue weighted by molar-refractivity contribution is 0.414. The van der Waals surface area contributed by atoms with Gasteiger partial charge in [-0.05, 0) is 36.2 Å². The van der Waals surface area contributed by atoms with E-state index in [4.69, 9.17) is 16.3 Å². The summed E-state index contributed by atoms with van der Waals surface area (Å²) in [6.07, 6.45) is 1.82. The minimum atomic E-state index is 0.444. The molecule has 1 aromatic carbocycles. The van der Waals surface area contributed by atoms with Crippen molar-refractivity contribution in [1.29, 1.82) is 0 Å². The van der Waals surface area contributed by atoms with Crippen LogP contribution in [0.1, 0.15) is 16.8 Å². The quantitative estimate of drug-likeness (QED) is 0.692. The van der Waals surface area contributed by atoms with Crippen molar-refractivity contribution in [3.05, 3.63) is 53.5 Å². The normalized spacial score (nSPS) is 11.0. The second-order valence-corrected chi connectivity index (χ2v) is 5.22. The van der Waals surface area contributed by atoms with Crippen molar-refractivity contribution in [2.45, 2.75) is 19.3 Å². The molecule has 3 aromatic rings. The fourth-order valence-electron chi connectivity index (χ4n) is 2.38. The molecule has 2 aromatic heterocycles. The molecule has 3 rings (SSSR count). The standard InChI is InChI=1S/C16H16ClN3O/c1-11-7-13(8-17)15-16(19-11)20(10-18-15)9-12-3-5-14(21-2)6-4-12/h3-7,10H,8-9H2,1-2H3. The number of aromatic nitrogens is 3.